The first-order chi connectivity index (χ1) is 11.8. The molecule has 0 radical (unpaired) electrons. The molecule has 0 aliphatic heterocycles. The molecule has 1 aromatic heterocycles. The van der Waals surface area contributed by atoms with Gasteiger partial charge < -0.3 is 11.1 Å². The Morgan fingerprint density at radius 3 is 2.48 bits per heavy atom. The molecule has 0 aliphatic rings. The highest BCUT2D eigenvalue weighted by Gasteiger charge is 2.30. The maximum Gasteiger partial charge on any atom is 0.416 e. The number of nitrogens with one attached hydrogen (secondary N) is 1. The average Bonchev–Trinajstić information content (AvgIpc) is 2.53. The van der Waals surface area contributed by atoms with Crippen molar-refractivity contribution in [1.29, 1.82) is 0 Å². The number of primary amides is 1. The molecule has 25 heavy (non-hydrogen) atoms. The molecule has 4 nitrogen and oxygen atoms in total. The molecule has 0 fully saturated rings. The molecule has 0 aliphatic carbocycles. The van der Waals surface area contributed by atoms with Gasteiger partial charge in [0.2, 0.25) is 0 Å². The number of rotatable bonds is 3. The summed E-state index contributed by atoms with van der Waals surface area (Å²) >= 11 is 0. The van der Waals surface area contributed by atoms with E-state index in [1.807, 2.05) is 0 Å². The molecule has 1 heterocycles. The van der Waals surface area contributed by atoms with E-state index >= 15 is 0 Å². The molecular formula is C18H14F3N3O. The first-order valence-electron chi connectivity index (χ1n) is 7.40. The number of halogens is 3. The molecule has 0 saturated heterocycles. The van der Waals surface area contributed by atoms with E-state index in [0.29, 0.717) is 22.5 Å². The zero-order valence-corrected chi connectivity index (χ0v) is 13.2. The summed E-state index contributed by atoms with van der Waals surface area (Å²) in [7, 11) is 0. The van der Waals surface area contributed by atoms with Gasteiger partial charge in [-0.2, -0.15) is 13.2 Å². The Bertz CT molecular complexity index is 967. The standard InChI is InChI=1S/C18H14F3N3O/c1-10-8-15(24-14-5-3-2-4-13(14)17(22)25)12-7-6-11(18(19,20)21)9-16(12)23-10/h2-9H,1H3,(H2,22,25)(H,23,24). The SMILES string of the molecule is Cc1cc(Nc2ccccc2C(N)=O)c2ccc(C(F)(F)F)cc2n1. The molecule has 1 amide bonds. The molecule has 3 aromatic rings. The maximum atomic E-state index is 12.9. The molecular weight excluding hydrogens is 331 g/mol. The lowest BCUT2D eigenvalue weighted by molar-refractivity contribution is -0.137. The Labute approximate surface area is 141 Å². The van der Waals surface area contributed by atoms with Crippen LogP contribution >= 0.6 is 0 Å². The Morgan fingerprint density at radius 2 is 1.80 bits per heavy atom. The summed E-state index contributed by atoms with van der Waals surface area (Å²) in [6.07, 6.45) is -4.44. The predicted molar refractivity (Wildman–Crippen MR) is 89.7 cm³/mol. The number of nitrogens with zero attached hydrogens (tertiary/aromatic N) is 1. The number of para-hydroxylation sites is 1. The third-order valence-electron chi connectivity index (χ3n) is 3.73. The summed E-state index contributed by atoms with van der Waals surface area (Å²) in [4.78, 5) is 15.7. The van der Waals surface area contributed by atoms with Gasteiger partial charge in [0.05, 0.1) is 22.3 Å². The van der Waals surface area contributed by atoms with Crippen LogP contribution < -0.4 is 11.1 Å². The van der Waals surface area contributed by atoms with Crippen LogP contribution in [-0.2, 0) is 6.18 Å². The van der Waals surface area contributed by atoms with Crippen molar-refractivity contribution in [3.8, 4) is 0 Å². The van der Waals surface area contributed by atoms with E-state index in [0.717, 1.165) is 12.1 Å². The summed E-state index contributed by atoms with van der Waals surface area (Å²) < 4.78 is 38.7. The van der Waals surface area contributed by atoms with E-state index in [4.69, 9.17) is 5.73 Å². The molecule has 0 spiro atoms. The molecule has 0 saturated carbocycles. The zero-order valence-electron chi connectivity index (χ0n) is 13.2. The minimum Gasteiger partial charge on any atom is -0.366 e. The second kappa shape index (κ2) is 6.08. The van der Waals surface area contributed by atoms with Crippen LogP contribution in [0.15, 0.2) is 48.5 Å². The average molecular weight is 345 g/mol. The van der Waals surface area contributed by atoms with Crippen molar-refractivity contribution in [3.05, 3.63) is 65.4 Å². The van der Waals surface area contributed by atoms with E-state index in [1.54, 1.807) is 37.3 Å². The van der Waals surface area contributed by atoms with Crippen LogP contribution in [-0.4, -0.2) is 10.9 Å². The molecule has 0 unspecified atom stereocenters. The van der Waals surface area contributed by atoms with Gasteiger partial charge >= 0.3 is 6.18 Å². The molecule has 2 aromatic carbocycles. The Hall–Kier alpha value is -3.09. The lowest BCUT2D eigenvalue weighted by Crippen LogP contribution is -2.13. The molecule has 7 heteroatoms. The van der Waals surface area contributed by atoms with Crippen molar-refractivity contribution in [2.45, 2.75) is 13.1 Å². The van der Waals surface area contributed by atoms with Gasteiger partial charge in [-0.15, -0.1) is 0 Å². The van der Waals surface area contributed by atoms with Crippen molar-refractivity contribution >= 4 is 28.2 Å². The predicted octanol–water partition coefficient (Wildman–Crippen LogP) is 4.40. The second-order valence-electron chi connectivity index (χ2n) is 5.58. The highest BCUT2D eigenvalue weighted by molar-refractivity contribution is 6.01. The maximum absolute atomic E-state index is 12.9. The highest BCUT2D eigenvalue weighted by Crippen LogP contribution is 2.34. The molecule has 3 rings (SSSR count). The van der Waals surface area contributed by atoms with Crippen molar-refractivity contribution in [3.63, 3.8) is 0 Å². The van der Waals surface area contributed by atoms with Gasteiger partial charge in [-0.25, -0.2) is 0 Å². The van der Waals surface area contributed by atoms with E-state index in [1.165, 1.54) is 6.07 Å². The number of fused-ring (bicyclic) bond motifs is 1. The number of hydrogen-bond acceptors (Lipinski definition) is 3. The smallest absolute Gasteiger partial charge is 0.366 e. The van der Waals surface area contributed by atoms with Crippen LogP contribution in [0.4, 0.5) is 24.5 Å². The number of alkyl halides is 3. The lowest BCUT2D eigenvalue weighted by Gasteiger charge is -2.14. The number of pyridine rings is 1. The van der Waals surface area contributed by atoms with Gasteiger partial charge in [0.25, 0.3) is 5.91 Å². The van der Waals surface area contributed by atoms with Crippen molar-refractivity contribution in [2.75, 3.05) is 5.32 Å². The number of carbonyl (C=O) groups is 1. The quantitative estimate of drug-likeness (QED) is 0.739. The van der Waals surface area contributed by atoms with Crippen LogP contribution in [0, 0.1) is 6.92 Å². The molecule has 128 valence electrons. The summed E-state index contributed by atoms with van der Waals surface area (Å²) in [6.45, 7) is 1.69. The lowest BCUT2D eigenvalue weighted by atomic mass is 10.1. The monoisotopic (exact) mass is 345 g/mol. The van der Waals surface area contributed by atoms with E-state index < -0.39 is 17.6 Å². The number of aromatic nitrogens is 1. The van der Waals surface area contributed by atoms with Gasteiger partial charge in [0, 0.05) is 16.8 Å². The number of nitrogens with two attached hydrogens (primary N) is 1. The van der Waals surface area contributed by atoms with Crippen LogP contribution in [0.2, 0.25) is 0 Å². The van der Waals surface area contributed by atoms with E-state index in [-0.39, 0.29) is 11.1 Å². The highest BCUT2D eigenvalue weighted by atomic mass is 19.4. The third kappa shape index (κ3) is 3.40. The summed E-state index contributed by atoms with van der Waals surface area (Å²) in [5, 5.41) is 3.59. The number of aryl methyl sites for hydroxylation is 1. The van der Waals surface area contributed by atoms with Crippen molar-refractivity contribution in [2.24, 2.45) is 5.73 Å². The van der Waals surface area contributed by atoms with Gasteiger partial charge in [-0.1, -0.05) is 18.2 Å². The number of anilines is 2. The minimum absolute atomic E-state index is 0.217. The van der Waals surface area contributed by atoms with Crippen LogP contribution in [0.25, 0.3) is 10.9 Å². The second-order valence-corrected chi connectivity index (χ2v) is 5.58. The fourth-order valence-corrected chi connectivity index (χ4v) is 2.59. The van der Waals surface area contributed by atoms with E-state index in [9.17, 15) is 18.0 Å². The number of hydrogen-bond donors (Lipinski definition) is 2. The molecule has 0 bridgehead atoms. The first-order valence-corrected chi connectivity index (χ1v) is 7.40. The van der Waals surface area contributed by atoms with Crippen molar-refractivity contribution < 1.29 is 18.0 Å². The van der Waals surface area contributed by atoms with Crippen LogP contribution in [0.1, 0.15) is 21.6 Å². The Kier molecular flexibility index (Phi) is 4.08. The van der Waals surface area contributed by atoms with Gasteiger partial charge in [0.1, 0.15) is 0 Å². The van der Waals surface area contributed by atoms with Gasteiger partial charge in [-0.05, 0) is 37.3 Å². The van der Waals surface area contributed by atoms with Crippen molar-refractivity contribution in [1.82, 2.24) is 4.98 Å². The number of benzene rings is 2. The minimum atomic E-state index is -4.44. The fraction of sp³-hybridized carbons (Fsp3) is 0.111. The summed E-state index contributed by atoms with van der Waals surface area (Å²) in [5.41, 5.74) is 6.67. The molecule has 0 atom stereocenters. The number of amides is 1. The van der Waals surface area contributed by atoms with Crippen LogP contribution in [0.3, 0.4) is 0 Å². The van der Waals surface area contributed by atoms with Gasteiger partial charge in [0.15, 0.2) is 0 Å². The van der Waals surface area contributed by atoms with E-state index in [2.05, 4.69) is 10.3 Å². The Balaban J connectivity index is 2.13. The fourth-order valence-electron chi connectivity index (χ4n) is 2.59. The van der Waals surface area contributed by atoms with Crippen LogP contribution in [0.5, 0.6) is 0 Å². The largest absolute Gasteiger partial charge is 0.416 e. The zero-order chi connectivity index (χ0) is 18.2. The topological polar surface area (TPSA) is 68.0 Å². The first kappa shape index (κ1) is 16.8. The normalized spacial score (nSPS) is 11.5. The summed E-state index contributed by atoms with van der Waals surface area (Å²) in [6, 6.07) is 11.7. The Morgan fingerprint density at radius 1 is 1.08 bits per heavy atom. The number of carbonyl (C=O) groups excluding carboxylic acids is 1. The molecule has 3 N–H and O–H groups in total. The summed E-state index contributed by atoms with van der Waals surface area (Å²) in [5.74, 6) is -0.599. The van der Waals surface area contributed by atoms with Gasteiger partial charge in [-0.3, -0.25) is 9.78 Å². The third-order valence-corrected chi connectivity index (χ3v) is 3.73.